The fourth-order valence-corrected chi connectivity index (χ4v) is 1.52. The third-order valence-electron chi connectivity index (χ3n) is 2.56. The number of carbonyl (C=O) groups is 2. The maximum absolute atomic E-state index is 11.5. The maximum Gasteiger partial charge on any atom is 0.329 e. The zero-order valence-corrected chi connectivity index (χ0v) is 11.2. The molecule has 6 nitrogen and oxygen atoms in total. The Labute approximate surface area is 121 Å². The third-order valence-corrected chi connectivity index (χ3v) is 2.56. The number of nitrogens with one attached hydrogen (secondary N) is 2. The molecule has 2 amide bonds. The molecule has 0 radical (unpaired) electrons. The van der Waals surface area contributed by atoms with Gasteiger partial charge in [0.15, 0.2) is 0 Å². The van der Waals surface area contributed by atoms with Gasteiger partial charge in [0.1, 0.15) is 0 Å². The van der Waals surface area contributed by atoms with E-state index in [0.717, 1.165) is 11.1 Å². The van der Waals surface area contributed by atoms with Gasteiger partial charge >= 0.3 is 11.8 Å². The number of hydrazone groups is 1. The molecule has 21 heavy (non-hydrogen) atoms. The first-order valence-corrected chi connectivity index (χ1v) is 6.31. The number of pyridine rings is 1. The first-order chi connectivity index (χ1) is 10.3. The van der Waals surface area contributed by atoms with Crippen LogP contribution in [0.15, 0.2) is 60.0 Å². The van der Waals surface area contributed by atoms with Gasteiger partial charge in [-0.25, -0.2) is 5.43 Å². The van der Waals surface area contributed by atoms with Crippen molar-refractivity contribution in [2.75, 3.05) is 0 Å². The summed E-state index contributed by atoms with van der Waals surface area (Å²) in [6, 6.07) is 12.8. The summed E-state index contributed by atoms with van der Waals surface area (Å²) in [4.78, 5) is 27.0. The largest absolute Gasteiger partial charge is 0.344 e. The Bertz CT molecular complexity index is 627. The molecular formula is C15H14N4O2. The fraction of sp³-hybridized carbons (Fsp3) is 0.0667. The molecule has 2 rings (SSSR count). The molecule has 0 aliphatic carbocycles. The van der Waals surface area contributed by atoms with E-state index in [4.69, 9.17) is 0 Å². The van der Waals surface area contributed by atoms with Gasteiger partial charge in [-0.1, -0.05) is 36.4 Å². The Morgan fingerprint density at radius 1 is 1.10 bits per heavy atom. The van der Waals surface area contributed by atoms with Crippen molar-refractivity contribution in [2.24, 2.45) is 5.10 Å². The van der Waals surface area contributed by atoms with E-state index in [2.05, 4.69) is 20.8 Å². The number of nitrogens with zero attached hydrogens (tertiary/aromatic N) is 2. The molecule has 1 heterocycles. The van der Waals surface area contributed by atoms with E-state index in [9.17, 15) is 9.59 Å². The molecule has 0 saturated carbocycles. The molecule has 0 bridgehead atoms. The van der Waals surface area contributed by atoms with E-state index >= 15 is 0 Å². The smallest absolute Gasteiger partial charge is 0.329 e. The molecule has 2 aromatic rings. The molecule has 6 heteroatoms. The summed E-state index contributed by atoms with van der Waals surface area (Å²) in [5.74, 6) is -1.56. The lowest BCUT2D eigenvalue weighted by Crippen LogP contribution is -2.37. The van der Waals surface area contributed by atoms with Crippen LogP contribution in [-0.4, -0.2) is 23.0 Å². The van der Waals surface area contributed by atoms with E-state index in [1.165, 1.54) is 6.21 Å². The van der Waals surface area contributed by atoms with E-state index < -0.39 is 11.8 Å². The normalized spacial score (nSPS) is 10.3. The standard InChI is InChI=1S/C15H14N4O2/c20-14(17-10-13-7-4-8-16-9-13)15(21)19-18-11-12-5-2-1-3-6-12/h1-9,11H,10H2,(H,17,20)(H,19,21)/b18-11+. The number of amides is 2. The maximum atomic E-state index is 11.5. The number of hydrogen-bond donors (Lipinski definition) is 2. The van der Waals surface area contributed by atoms with Crippen LogP contribution < -0.4 is 10.7 Å². The highest BCUT2D eigenvalue weighted by Crippen LogP contribution is 1.94. The number of rotatable bonds is 4. The molecule has 0 aliphatic heterocycles. The zero-order valence-electron chi connectivity index (χ0n) is 11.2. The van der Waals surface area contributed by atoms with Gasteiger partial charge in [-0.05, 0) is 17.2 Å². The van der Waals surface area contributed by atoms with Gasteiger partial charge < -0.3 is 5.32 Å². The molecule has 0 atom stereocenters. The molecule has 0 fully saturated rings. The van der Waals surface area contributed by atoms with Crippen molar-refractivity contribution >= 4 is 18.0 Å². The topological polar surface area (TPSA) is 83.5 Å². The van der Waals surface area contributed by atoms with Crippen LogP contribution >= 0.6 is 0 Å². The van der Waals surface area contributed by atoms with Crippen molar-refractivity contribution in [3.63, 3.8) is 0 Å². The second kappa shape index (κ2) is 7.54. The summed E-state index contributed by atoms with van der Waals surface area (Å²) in [5.41, 5.74) is 3.81. The van der Waals surface area contributed by atoms with Gasteiger partial charge in [0.2, 0.25) is 0 Å². The molecule has 0 aliphatic rings. The summed E-state index contributed by atoms with van der Waals surface area (Å²) in [6.07, 6.45) is 4.72. The van der Waals surface area contributed by atoms with Gasteiger partial charge in [0.25, 0.3) is 0 Å². The Hall–Kier alpha value is -3.02. The molecule has 1 aromatic carbocycles. The summed E-state index contributed by atoms with van der Waals surface area (Å²) >= 11 is 0. The first kappa shape index (κ1) is 14.4. The lowest BCUT2D eigenvalue weighted by atomic mass is 10.2. The Morgan fingerprint density at radius 2 is 1.90 bits per heavy atom. The molecule has 1 aromatic heterocycles. The monoisotopic (exact) mass is 282 g/mol. The predicted octanol–water partition coefficient (Wildman–Crippen LogP) is 0.848. The molecule has 0 saturated heterocycles. The minimum Gasteiger partial charge on any atom is -0.344 e. The van der Waals surface area contributed by atoms with Crippen molar-refractivity contribution in [1.29, 1.82) is 0 Å². The van der Waals surface area contributed by atoms with Crippen molar-refractivity contribution in [2.45, 2.75) is 6.54 Å². The van der Waals surface area contributed by atoms with Gasteiger partial charge in [-0.15, -0.1) is 0 Å². The lowest BCUT2D eigenvalue weighted by Gasteiger charge is -2.03. The van der Waals surface area contributed by atoms with Crippen LogP contribution in [0.4, 0.5) is 0 Å². The zero-order chi connectivity index (χ0) is 14.9. The van der Waals surface area contributed by atoms with Crippen LogP contribution in [0.5, 0.6) is 0 Å². The van der Waals surface area contributed by atoms with Crippen LogP contribution in [0.25, 0.3) is 0 Å². The average Bonchev–Trinajstić information content (AvgIpc) is 2.54. The third kappa shape index (κ3) is 4.87. The molecule has 106 valence electrons. The van der Waals surface area contributed by atoms with Crippen LogP contribution in [-0.2, 0) is 16.1 Å². The summed E-state index contributed by atoms with van der Waals surface area (Å²) in [7, 11) is 0. The van der Waals surface area contributed by atoms with E-state index in [-0.39, 0.29) is 6.54 Å². The Balaban J connectivity index is 1.78. The van der Waals surface area contributed by atoms with Gasteiger partial charge in [0, 0.05) is 18.9 Å². The van der Waals surface area contributed by atoms with Crippen molar-refractivity contribution in [3.05, 3.63) is 66.0 Å². The Kier molecular flexibility index (Phi) is 5.17. The lowest BCUT2D eigenvalue weighted by molar-refractivity contribution is -0.139. The average molecular weight is 282 g/mol. The summed E-state index contributed by atoms with van der Waals surface area (Å²) in [6.45, 7) is 0.239. The molecule has 0 unspecified atom stereocenters. The van der Waals surface area contributed by atoms with E-state index in [0.29, 0.717) is 0 Å². The van der Waals surface area contributed by atoms with Gasteiger partial charge in [-0.2, -0.15) is 5.10 Å². The van der Waals surface area contributed by atoms with E-state index in [1.807, 2.05) is 30.3 Å². The fourth-order valence-electron chi connectivity index (χ4n) is 1.52. The Morgan fingerprint density at radius 3 is 2.62 bits per heavy atom. The second-order valence-corrected chi connectivity index (χ2v) is 4.15. The second-order valence-electron chi connectivity index (χ2n) is 4.15. The van der Waals surface area contributed by atoms with Crippen LogP contribution in [0.3, 0.4) is 0 Å². The minimum absolute atomic E-state index is 0.239. The number of hydrogen-bond acceptors (Lipinski definition) is 4. The predicted molar refractivity (Wildman–Crippen MR) is 78.3 cm³/mol. The molecule has 0 spiro atoms. The molecule has 2 N–H and O–H groups in total. The quantitative estimate of drug-likeness (QED) is 0.495. The first-order valence-electron chi connectivity index (χ1n) is 6.31. The number of benzene rings is 1. The minimum atomic E-state index is -0.814. The van der Waals surface area contributed by atoms with Crippen LogP contribution in [0.2, 0.25) is 0 Å². The highest BCUT2D eigenvalue weighted by atomic mass is 16.2. The molecular weight excluding hydrogens is 268 g/mol. The van der Waals surface area contributed by atoms with E-state index in [1.54, 1.807) is 24.5 Å². The van der Waals surface area contributed by atoms with Gasteiger partial charge in [0.05, 0.1) is 6.21 Å². The number of carbonyl (C=O) groups excluding carboxylic acids is 2. The summed E-state index contributed by atoms with van der Waals surface area (Å²) < 4.78 is 0. The van der Waals surface area contributed by atoms with Crippen molar-refractivity contribution in [1.82, 2.24) is 15.7 Å². The van der Waals surface area contributed by atoms with Crippen molar-refractivity contribution < 1.29 is 9.59 Å². The number of aromatic nitrogens is 1. The summed E-state index contributed by atoms with van der Waals surface area (Å²) in [5, 5.41) is 6.20. The SMILES string of the molecule is O=C(NCc1cccnc1)C(=O)N/N=C/c1ccccc1. The van der Waals surface area contributed by atoms with Crippen LogP contribution in [0, 0.1) is 0 Å². The highest BCUT2D eigenvalue weighted by Gasteiger charge is 2.11. The van der Waals surface area contributed by atoms with Crippen LogP contribution in [0.1, 0.15) is 11.1 Å². The highest BCUT2D eigenvalue weighted by molar-refractivity contribution is 6.35. The van der Waals surface area contributed by atoms with Crippen molar-refractivity contribution in [3.8, 4) is 0 Å². The van der Waals surface area contributed by atoms with Gasteiger partial charge in [-0.3, -0.25) is 14.6 Å².